The normalized spacial score (nSPS) is 11.1. The van der Waals surface area contributed by atoms with Crippen molar-refractivity contribution in [2.75, 3.05) is 0 Å². The van der Waals surface area contributed by atoms with Crippen LogP contribution in [0.2, 0.25) is 0 Å². The standard InChI is InChI=1S/C8H10N4O2/c1-10-4-11(2)6-5(10)7(13)12(3)8(14)9-6/h4H,1-3H3. The number of aromatic nitrogens is 4. The van der Waals surface area contributed by atoms with Crippen molar-refractivity contribution in [2.45, 2.75) is 0 Å². The van der Waals surface area contributed by atoms with Crippen molar-refractivity contribution in [1.82, 2.24) is 14.1 Å². The Morgan fingerprint density at radius 3 is 2.79 bits per heavy atom. The topological polar surface area (TPSA) is 66.8 Å². The summed E-state index contributed by atoms with van der Waals surface area (Å²) in [6.45, 7) is 0. The zero-order valence-corrected chi connectivity index (χ0v) is 8.18. The second-order valence-corrected chi connectivity index (χ2v) is 3.27. The first kappa shape index (κ1) is 8.74. The summed E-state index contributed by atoms with van der Waals surface area (Å²) >= 11 is 0. The first-order valence-electron chi connectivity index (χ1n) is 4.11. The molecule has 0 aliphatic rings. The minimum absolute atomic E-state index is 0.317. The minimum Gasteiger partial charge on any atom is -0.832 e. The second kappa shape index (κ2) is 2.57. The molecule has 2 aromatic heterocycles. The fraction of sp³-hybridized carbons (Fsp3) is 0.375. The molecule has 0 aliphatic carbocycles. The Kier molecular flexibility index (Phi) is 1.60. The van der Waals surface area contributed by atoms with Gasteiger partial charge in [-0.15, -0.1) is 0 Å². The van der Waals surface area contributed by atoms with Crippen LogP contribution in [0.3, 0.4) is 0 Å². The third kappa shape index (κ3) is 0.935. The number of hydrogen-bond acceptors (Lipinski definition) is 3. The van der Waals surface area contributed by atoms with Gasteiger partial charge in [0.15, 0.2) is 6.33 Å². The fourth-order valence-corrected chi connectivity index (χ4v) is 1.49. The summed E-state index contributed by atoms with van der Waals surface area (Å²) in [4.78, 5) is 15.5. The van der Waals surface area contributed by atoms with Crippen molar-refractivity contribution in [3.63, 3.8) is 0 Å². The highest BCUT2D eigenvalue weighted by Crippen LogP contribution is 2.03. The van der Waals surface area contributed by atoms with E-state index in [0.717, 1.165) is 4.57 Å². The Morgan fingerprint density at radius 2 is 2.14 bits per heavy atom. The third-order valence-electron chi connectivity index (χ3n) is 2.24. The van der Waals surface area contributed by atoms with E-state index < -0.39 is 6.01 Å². The van der Waals surface area contributed by atoms with Crippen molar-refractivity contribution in [3.05, 3.63) is 16.7 Å². The smallest absolute Gasteiger partial charge is 0.308 e. The highest BCUT2D eigenvalue weighted by Gasteiger charge is 2.17. The van der Waals surface area contributed by atoms with E-state index in [1.807, 2.05) is 0 Å². The molecule has 0 aromatic carbocycles. The Bertz CT molecular complexity index is 567. The molecule has 2 rings (SSSR count). The molecule has 0 amide bonds. The SMILES string of the molecule is Cn1c([O-])nc2c(c1=O)n(C)c[n+]2C. The molecule has 0 atom stereocenters. The van der Waals surface area contributed by atoms with Crippen LogP contribution in [-0.4, -0.2) is 14.1 Å². The summed E-state index contributed by atoms with van der Waals surface area (Å²) in [7, 11) is 4.91. The van der Waals surface area contributed by atoms with Crippen LogP contribution in [-0.2, 0) is 21.1 Å². The van der Waals surface area contributed by atoms with Crippen LogP contribution in [0.25, 0.3) is 11.2 Å². The van der Waals surface area contributed by atoms with Crippen LogP contribution in [0.5, 0.6) is 6.01 Å². The maximum atomic E-state index is 11.7. The van der Waals surface area contributed by atoms with E-state index in [-0.39, 0.29) is 5.56 Å². The summed E-state index contributed by atoms with van der Waals surface area (Å²) in [5.74, 6) is 0. The number of aryl methyl sites for hydroxylation is 2. The predicted molar refractivity (Wildman–Crippen MR) is 46.6 cm³/mol. The summed E-state index contributed by atoms with van der Waals surface area (Å²) in [5.41, 5.74) is 0.540. The lowest BCUT2D eigenvalue weighted by molar-refractivity contribution is -0.647. The quantitative estimate of drug-likeness (QED) is 0.463. The van der Waals surface area contributed by atoms with E-state index in [0.29, 0.717) is 11.2 Å². The summed E-state index contributed by atoms with van der Waals surface area (Å²) < 4.78 is 4.31. The summed E-state index contributed by atoms with van der Waals surface area (Å²) in [5, 5.41) is 11.2. The minimum atomic E-state index is -0.524. The van der Waals surface area contributed by atoms with Gasteiger partial charge in [-0.2, -0.15) is 0 Å². The number of nitrogens with zero attached hydrogens (tertiary/aromatic N) is 4. The molecule has 0 aliphatic heterocycles. The number of fused-ring (bicyclic) bond motifs is 1. The first-order chi connectivity index (χ1) is 6.52. The highest BCUT2D eigenvalue weighted by atomic mass is 16.3. The molecule has 0 radical (unpaired) electrons. The van der Waals surface area contributed by atoms with E-state index in [4.69, 9.17) is 0 Å². The number of imidazole rings is 1. The van der Waals surface area contributed by atoms with Gasteiger partial charge >= 0.3 is 5.65 Å². The molecule has 6 heteroatoms. The van der Waals surface area contributed by atoms with Crippen LogP contribution in [0.1, 0.15) is 0 Å². The molecule has 14 heavy (non-hydrogen) atoms. The number of hydrogen-bond donors (Lipinski definition) is 0. The molecule has 0 saturated heterocycles. The van der Waals surface area contributed by atoms with Gasteiger partial charge in [0.1, 0.15) is 6.01 Å². The van der Waals surface area contributed by atoms with Crippen molar-refractivity contribution >= 4 is 11.2 Å². The van der Waals surface area contributed by atoms with Crippen LogP contribution in [0.15, 0.2) is 11.1 Å². The van der Waals surface area contributed by atoms with Crippen molar-refractivity contribution < 1.29 is 9.67 Å². The molecule has 0 bridgehead atoms. The zero-order valence-electron chi connectivity index (χ0n) is 8.18. The van der Waals surface area contributed by atoms with E-state index in [1.165, 1.54) is 7.05 Å². The Morgan fingerprint density at radius 1 is 1.50 bits per heavy atom. The van der Waals surface area contributed by atoms with Crippen molar-refractivity contribution in [2.24, 2.45) is 21.1 Å². The first-order valence-corrected chi connectivity index (χ1v) is 4.11. The fourth-order valence-electron chi connectivity index (χ4n) is 1.49. The van der Waals surface area contributed by atoms with Crippen molar-refractivity contribution in [1.29, 1.82) is 0 Å². The van der Waals surface area contributed by atoms with E-state index in [2.05, 4.69) is 4.98 Å². The van der Waals surface area contributed by atoms with Gasteiger partial charge in [0.05, 0.1) is 14.1 Å². The van der Waals surface area contributed by atoms with Gasteiger partial charge in [-0.3, -0.25) is 13.9 Å². The lowest BCUT2D eigenvalue weighted by Gasteiger charge is -2.04. The molecular weight excluding hydrogens is 184 g/mol. The summed E-state index contributed by atoms with van der Waals surface area (Å²) in [6.07, 6.45) is 1.71. The maximum Gasteiger partial charge on any atom is 0.308 e. The molecule has 0 unspecified atom stereocenters. The van der Waals surface area contributed by atoms with Gasteiger partial charge in [0, 0.05) is 7.05 Å². The zero-order chi connectivity index (χ0) is 10.5. The molecule has 0 fully saturated rings. The molecule has 74 valence electrons. The molecular formula is C8H10N4O2. The Balaban J connectivity index is 3.09. The monoisotopic (exact) mass is 194 g/mol. The van der Waals surface area contributed by atoms with E-state index in [9.17, 15) is 9.90 Å². The lowest BCUT2D eigenvalue weighted by Crippen LogP contribution is -2.29. The van der Waals surface area contributed by atoms with Crippen LogP contribution < -0.4 is 15.2 Å². The second-order valence-electron chi connectivity index (χ2n) is 3.27. The van der Waals surface area contributed by atoms with Crippen LogP contribution in [0, 0.1) is 0 Å². The predicted octanol–water partition coefficient (Wildman–Crippen LogP) is -1.83. The number of rotatable bonds is 0. The largest absolute Gasteiger partial charge is 0.832 e. The molecule has 6 nitrogen and oxygen atoms in total. The molecule has 0 N–H and O–H groups in total. The van der Waals surface area contributed by atoms with Crippen LogP contribution in [0.4, 0.5) is 0 Å². The van der Waals surface area contributed by atoms with Gasteiger partial charge < -0.3 is 5.11 Å². The molecule has 2 aromatic rings. The lowest BCUT2D eigenvalue weighted by atomic mass is 10.5. The van der Waals surface area contributed by atoms with E-state index in [1.54, 1.807) is 29.6 Å². The van der Waals surface area contributed by atoms with Gasteiger partial charge in [-0.05, 0) is 0 Å². The average molecular weight is 194 g/mol. The Hall–Kier alpha value is -1.85. The third-order valence-corrected chi connectivity index (χ3v) is 2.24. The maximum absolute atomic E-state index is 11.7. The van der Waals surface area contributed by atoms with Gasteiger partial charge in [0.25, 0.3) is 5.56 Å². The van der Waals surface area contributed by atoms with Crippen molar-refractivity contribution in [3.8, 4) is 6.01 Å². The van der Waals surface area contributed by atoms with Gasteiger partial charge in [-0.1, -0.05) is 4.98 Å². The molecule has 2 heterocycles. The highest BCUT2D eigenvalue weighted by molar-refractivity contribution is 5.66. The molecule has 0 spiro atoms. The molecule has 0 saturated carbocycles. The van der Waals surface area contributed by atoms with E-state index >= 15 is 0 Å². The summed E-state index contributed by atoms with van der Waals surface area (Å²) in [6, 6.07) is -0.524. The van der Waals surface area contributed by atoms with Gasteiger partial charge in [0.2, 0.25) is 5.52 Å². The Labute approximate surface area is 79.7 Å². The van der Waals surface area contributed by atoms with Gasteiger partial charge in [-0.25, -0.2) is 4.57 Å². The van der Waals surface area contributed by atoms with Crippen LogP contribution >= 0.6 is 0 Å². The average Bonchev–Trinajstić information content (AvgIpc) is 2.38.